The van der Waals surface area contributed by atoms with E-state index in [2.05, 4.69) is 5.32 Å². The summed E-state index contributed by atoms with van der Waals surface area (Å²) in [4.78, 5) is 0.359. The summed E-state index contributed by atoms with van der Waals surface area (Å²) in [7, 11) is 0. The molecule has 0 saturated heterocycles. The van der Waals surface area contributed by atoms with Crippen LogP contribution in [-0.4, -0.2) is 24.2 Å². The molecule has 3 N–H and O–H groups in total. The van der Waals surface area contributed by atoms with Crippen molar-refractivity contribution >= 4 is 34.5 Å². The van der Waals surface area contributed by atoms with Crippen LogP contribution >= 0.6 is 23.8 Å². The predicted octanol–water partition coefficient (Wildman–Crippen LogP) is 3.35. The zero-order valence-electron chi connectivity index (χ0n) is 10.8. The molecule has 1 fully saturated rings. The Balaban J connectivity index is 1.77. The number of rotatable bonds is 6. The molecular weight excluding hydrogens is 280 g/mol. The first-order chi connectivity index (χ1) is 9.16. The van der Waals surface area contributed by atoms with Crippen molar-refractivity contribution in [2.24, 2.45) is 5.73 Å². The molecule has 0 atom stereocenters. The summed E-state index contributed by atoms with van der Waals surface area (Å²) in [5.74, 6) is 0. The summed E-state index contributed by atoms with van der Waals surface area (Å²) < 4.78 is 5.78. The third-order valence-corrected chi connectivity index (χ3v) is 3.88. The summed E-state index contributed by atoms with van der Waals surface area (Å²) in [6.07, 6.45) is 5.44. The van der Waals surface area contributed by atoms with Gasteiger partial charge < -0.3 is 15.8 Å². The highest BCUT2D eigenvalue weighted by Gasteiger charge is 2.14. The van der Waals surface area contributed by atoms with Gasteiger partial charge in [-0.3, -0.25) is 0 Å². The first-order valence-corrected chi connectivity index (χ1v) is 7.40. The van der Waals surface area contributed by atoms with Crippen LogP contribution in [0.4, 0.5) is 5.69 Å². The second-order valence-corrected chi connectivity index (χ2v) is 5.61. The lowest BCUT2D eigenvalue weighted by atomic mass is 10.2. The molecule has 3 nitrogen and oxygen atoms in total. The smallest absolute Gasteiger partial charge is 0.104 e. The number of nitrogens with two attached hydrogens (primary N) is 1. The van der Waals surface area contributed by atoms with Crippen LogP contribution in [0.15, 0.2) is 18.2 Å². The fraction of sp³-hybridized carbons (Fsp3) is 0.500. The second-order valence-electron chi connectivity index (χ2n) is 4.76. The van der Waals surface area contributed by atoms with Crippen LogP contribution in [0.2, 0.25) is 5.02 Å². The number of halogens is 1. The average molecular weight is 299 g/mol. The molecule has 0 spiro atoms. The summed E-state index contributed by atoms with van der Waals surface area (Å²) in [6, 6.07) is 5.55. The predicted molar refractivity (Wildman–Crippen MR) is 84.0 cm³/mol. The van der Waals surface area contributed by atoms with Gasteiger partial charge in [-0.15, -0.1) is 0 Å². The fourth-order valence-corrected chi connectivity index (χ4v) is 2.65. The van der Waals surface area contributed by atoms with Gasteiger partial charge in [0.15, 0.2) is 0 Å². The molecule has 0 amide bonds. The van der Waals surface area contributed by atoms with Gasteiger partial charge >= 0.3 is 0 Å². The van der Waals surface area contributed by atoms with E-state index in [4.69, 9.17) is 34.3 Å². The van der Waals surface area contributed by atoms with E-state index < -0.39 is 0 Å². The molecule has 1 saturated carbocycles. The third kappa shape index (κ3) is 4.34. The van der Waals surface area contributed by atoms with Crippen molar-refractivity contribution in [2.75, 3.05) is 18.5 Å². The highest BCUT2D eigenvalue weighted by Crippen LogP contribution is 2.23. The largest absolute Gasteiger partial charge is 0.389 e. The summed E-state index contributed by atoms with van der Waals surface area (Å²) in [5.41, 5.74) is 7.23. The monoisotopic (exact) mass is 298 g/mol. The van der Waals surface area contributed by atoms with Crippen LogP contribution in [0, 0.1) is 0 Å². The first kappa shape index (κ1) is 14.6. The van der Waals surface area contributed by atoms with Crippen molar-refractivity contribution in [2.45, 2.75) is 31.8 Å². The Morgan fingerprint density at radius 2 is 2.16 bits per heavy atom. The van der Waals surface area contributed by atoms with Gasteiger partial charge in [-0.25, -0.2) is 0 Å². The Labute approximate surface area is 124 Å². The van der Waals surface area contributed by atoms with E-state index in [0.29, 0.717) is 22.7 Å². The van der Waals surface area contributed by atoms with Gasteiger partial charge in [-0.05, 0) is 31.0 Å². The Bertz CT molecular complexity index is 447. The molecule has 0 unspecified atom stereocenters. The van der Waals surface area contributed by atoms with Gasteiger partial charge in [-0.1, -0.05) is 36.7 Å². The number of hydrogen-bond acceptors (Lipinski definition) is 3. The van der Waals surface area contributed by atoms with E-state index in [1.807, 2.05) is 12.1 Å². The first-order valence-electron chi connectivity index (χ1n) is 6.61. The summed E-state index contributed by atoms with van der Waals surface area (Å²) in [5, 5.41) is 3.89. The van der Waals surface area contributed by atoms with Crippen molar-refractivity contribution in [3.8, 4) is 0 Å². The fourth-order valence-electron chi connectivity index (χ4n) is 2.28. The molecule has 0 aromatic heterocycles. The Hall–Kier alpha value is -0.840. The maximum absolute atomic E-state index is 6.16. The number of anilines is 1. The minimum Gasteiger partial charge on any atom is -0.389 e. The van der Waals surface area contributed by atoms with Gasteiger partial charge in [-0.2, -0.15) is 0 Å². The number of thiocarbonyl (C=S) groups is 1. The quantitative estimate of drug-likeness (QED) is 0.624. The van der Waals surface area contributed by atoms with Crippen molar-refractivity contribution in [3.63, 3.8) is 0 Å². The maximum atomic E-state index is 6.16. The lowest BCUT2D eigenvalue weighted by Crippen LogP contribution is -2.15. The summed E-state index contributed by atoms with van der Waals surface area (Å²) in [6.45, 7) is 1.46. The van der Waals surface area contributed by atoms with E-state index in [0.717, 1.165) is 17.8 Å². The van der Waals surface area contributed by atoms with E-state index in [-0.39, 0.29) is 0 Å². The molecule has 5 heteroatoms. The normalized spacial score (nSPS) is 15.6. The molecule has 2 rings (SSSR count). The number of nitrogens with one attached hydrogen (secondary N) is 1. The molecule has 104 valence electrons. The van der Waals surface area contributed by atoms with Gasteiger partial charge in [0.1, 0.15) is 4.99 Å². The van der Waals surface area contributed by atoms with Crippen LogP contribution in [0.25, 0.3) is 0 Å². The van der Waals surface area contributed by atoms with Crippen molar-refractivity contribution in [1.29, 1.82) is 0 Å². The minimum absolute atomic E-state index is 0.359. The maximum Gasteiger partial charge on any atom is 0.104 e. The standard InChI is InChI=1S/C14H19ClN2OS/c15-12-9-10(14(16)19)5-6-13(12)17-7-8-18-11-3-1-2-4-11/h5-6,9,11,17H,1-4,7-8H2,(H2,16,19). The molecule has 0 aliphatic heterocycles. The summed E-state index contributed by atoms with van der Waals surface area (Å²) >= 11 is 11.1. The van der Waals surface area contributed by atoms with Crippen molar-refractivity contribution in [1.82, 2.24) is 0 Å². The second kappa shape index (κ2) is 7.08. The van der Waals surface area contributed by atoms with Gasteiger partial charge in [0.25, 0.3) is 0 Å². The molecule has 1 aromatic carbocycles. The van der Waals surface area contributed by atoms with Crippen molar-refractivity contribution < 1.29 is 4.74 Å². The molecule has 0 bridgehead atoms. The molecule has 1 aliphatic carbocycles. The zero-order chi connectivity index (χ0) is 13.7. The number of benzene rings is 1. The SMILES string of the molecule is NC(=S)c1ccc(NCCOC2CCCC2)c(Cl)c1. The molecule has 1 aliphatic rings. The van der Waals surface area contributed by atoms with Crippen LogP contribution in [0.3, 0.4) is 0 Å². The van der Waals surface area contributed by atoms with E-state index in [1.54, 1.807) is 6.07 Å². The van der Waals surface area contributed by atoms with Gasteiger partial charge in [0.2, 0.25) is 0 Å². The Morgan fingerprint density at radius 1 is 1.42 bits per heavy atom. The van der Waals surface area contributed by atoms with Gasteiger partial charge in [0.05, 0.1) is 23.4 Å². The molecule has 19 heavy (non-hydrogen) atoms. The Kier molecular flexibility index (Phi) is 5.43. The lowest BCUT2D eigenvalue weighted by molar-refractivity contribution is 0.0659. The van der Waals surface area contributed by atoms with E-state index >= 15 is 0 Å². The average Bonchev–Trinajstić information content (AvgIpc) is 2.89. The minimum atomic E-state index is 0.359. The molecule has 0 heterocycles. The molecule has 0 radical (unpaired) electrons. The number of ether oxygens (including phenoxy) is 1. The highest BCUT2D eigenvalue weighted by molar-refractivity contribution is 7.80. The van der Waals surface area contributed by atoms with Crippen molar-refractivity contribution in [3.05, 3.63) is 28.8 Å². The highest BCUT2D eigenvalue weighted by atomic mass is 35.5. The molecule has 1 aromatic rings. The van der Waals surface area contributed by atoms with Crippen LogP contribution < -0.4 is 11.1 Å². The van der Waals surface area contributed by atoms with Crippen LogP contribution in [0.5, 0.6) is 0 Å². The number of hydrogen-bond donors (Lipinski definition) is 2. The lowest BCUT2D eigenvalue weighted by Gasteiger charge is -2.13. The van der Waals surface area contributed by atoms with Crippen LogP contribution in [-0.2, 0) is 4.74 Å². The topological polar surface area (TPSA) is 47.3 Å². The van der Waals surface area contributed by atoms with E-state index in [1.165, 1.54) is 25.7 Å². The van der Waals surface area contributed by atoms with E-state index in [9.17, 15) is 0 Å². The zero-order valence-corrected chi connectivity index (χ0v) is 12.4. The third-order valence-electron chi connectivity index (χ3n) is 3.33. The van der Waals surface area contributed by atoms with Gasteiger partial charge in [0, 0.05) is 12.1 Å². The van der Waals surface area contributed by atoms with Crippen LogP contribution in [0.1, 0.15) is 31.2 Å². The Morgan fingerprint density at radius 3 is 2.79 bits per heavy atom. The molecular formula is C14H19ClN2OS.